The monoisotopic (exact) mass is 382 g/mol. The molecule has 6 unspecified atom stereocenters. The standard InChI is InChI=1S/C20H30O7/c1-9-10(2)19-12(11(3)15(9)22)5-6-20(4,27-19)7-13-16(23)18(25)17(24)14(8-21)26-13/h13-14,16-18,21-25H,5-8H2,1-4H3. The van der Waals surface area contributed by atoms with E-state index in [0.717, 1.165) is 28.0 Å². The Balaban J connectivity index is 1.85. The van der Waals surface area contributed by atoms with Gasteiger partial charge in [-0.3, -0.25) is 0 Å². The summed E-state index contributed by atoms with van der Waals surface area (Å²) < 4.78 is 12.0. The predicted molar refractivity (Wildman–Crippen MR) is 98.1 cm³/mol. The van der Waals surface area contributed by atoms with Crippen LogP contribution in [-0.2, 0) is 11.2 Å². The van der Waals surface area contributed by atoms with Crippen molar-refractivity contribution in [1.82, 2.24) is 0 Å². The molecule has 7 heteroatoms. The van der Waals surface area contributed by atoms with Crippen molar-refractivity contribution in [3.05, 3.63) is 22.3 Å². The van der Waals surface area contributed by atoms with Gasteiger partial charge in [0.1, 0.15) is 41.5 Å². The molecule has 6 atom stereocenters. The third-order valence-electron chi connectivity index (χ3n) is 6.22. The van der Waals surface area contributed by atoms with E-state index in [2.05, 4.69) is 0 Å². The fourth-order valence-corrected chi connectivity index (χ4v) is 4.21. The van der Waals surface area contributed by atoms with Crippen molar-refractivity contribution in [3.8, 4) is 11.5 Å². The van der Waals surface area contributed by atoms with Gasteiger partial charge in [0.25, 0.3) is 0 Å². The average Bonchev–Trinajstić information content (AvgIpc) is 2.65. The number of phenolic OH excluding ortho intramolecular Hbond substituents is 1. The van der Waals surface area contributed by atoms with Crippen LogP contribution in [0.2, 0.25) is 0 Å². The normalized spacial score (nSPS) is 36.2. The minimum atomic E-state index is -1.39. The number of hydrogen-bond acceptors (Lipinski definition) is 7. The van der Waals surface area contributed by atoms with E-state index in [-0.39, 0.29) is 0 Å². The zero-order valence-corrected chi connectivity index (χ0v) is 16.3. The number of ether oxygens (including phenoxy) is 2. The molecule has 0 radical (unpaired) electrons. The molecule has 3 rings (SSSR count). The highest BCUT2D eigenvalue weighted by Crippen LogP contribution is 2.45. The molecule has 7 nitrogen and oxygen atoms in total. The van der Waals surface area contributed by atoms with Crippen LogP contribution in [0.15, 0.2) is 0 Å². The second kappa shape index (κ2) is 7.22. The first-order valence-corrected chi connectivity index (χ1v) is 9.40. The summed E-state index contributed by atoms with van der Waals surface area (Å²) in [6.45, 7) is 7.12. The van der Waals surface area contributed by atoms with Gasteiger partial charge in [-0.15, -0.1) is 0 Å². The quantitative estimate of drug-likeness (QED) is 0.520. The highest BCUT2D eigenvalue weighted by molar-refractivity contribution is 5.58. The van der Waals surface area contributed by atoms with E-state index in [1.54, 1.807) is 0 Å². The van der Waals surface area contributed by atoms with Crippen LogP contribution in [0, 0.1) is 20.8 Å². The van der Waals surface area contributed by atoms with E-state index in [1.165, 1.54) is 0 Å². The number of hydrogen-bond donors (Lipinski definition) is 5. The Morgan fingerprint density at radius 3 is 2.22 bits per heavy atom. The summed E-state index contributed by atoms with van der Waals surface area (Å²) in [5.41, 5.74) is 2.82. The Morgan fingerprint density at radius 2 is 1.59 bits per heavy atom. The van der Waals surface area contributed by atoms with Crippen LogP contribution in [0.4, 0.5) is 0 Å². The summed E-state index contributed by atoms with van der Waals surface area (Å²) in [4.78, 5) is 0. The Bertz CT molecular complexity index is 717. The fraction of sp³-hybridized carbons (Fsp3) is 0.700. The molecule has 2 aliphatic rings. The topological polar surface area (TPSA) is 120 Å². The number of aliphatic hydroxyl groups excluding tert-OH is 4. The number of rotatable bonds is 3. The highest BCUT2D eigenvalue weighted by atomic mass is 16.5. The SMILES string of the molecule is Cc1c(C)c2c(c(C)c1O)CCC(C)(CC1OC(CO)C(O)C(O)C1O)O2. The molecule has 2 heterocycles. The lowest BCUT2D eigenvalue weighted by atomic mass is 9.82. The van der Waals surface area contributed by atoms with Crippen molar-refractivity contribution in [2.45, 2.75) is 83.1 Å². The van der Waals surface area contributed by atoms with Crippen molar-refractivity contribution in [2.75, 3.05) is 6.61 Å². The highest BCUT2D eigenvalue weighted by Gasteiger charge is 2.47. The maximum atomic E-state index is 10.3. The average molecular weight is 382 g/mol. The van der Waals surface area contributed by atoms with E-state index >= 15 is 0 Å². The van der Waals surface area contributed by atoms with E-state index in [1.807, 2.05) is 27.7 Å². The van der Waals surface area contributed by atoms with Gasteiger partial charge in [-0.1, -0.05) is 0 Å². The molecule has 27 heavy (non-hydrogen) atoms. The lowest BCUT2D eigenvalue weighted by Crippen LogP contribution is -2.60. The lowest BCUT2D eigenvalue weighted by molar-refractivity contribution is -0.237. The summed E-state index contributed by atoms with van der Waals surface area (Å²) in [5.74, 6) is 1.05. The minimum Gasteiger partial charge on any atom is -0.507 e. The van der Waals surface area contributed by atoms with Gasteiger partial charge in [-0.2, -0.15) is 0 Å². The lowest BCUT2D eigenvalue weighted by Gasteiger charge is -2.45. The van der Waals surface area contributed by atoms with Crippen LogP contribution in [0.1, 0.15) is 42.0 Å². The predicted octanol–water partition coefficient (Wildman–Crippen LogP) is 0.634. The Morgan fingerprint density at radius 1 is 0.963 bits per heavy atom. The van der Waals surface area contributed by atoms with Gasteiger partial charge in [0, 0.05) is 12.0 Å². The molecule has 0 spiro atoms. The first kappa shape index (κ1) is 20.4. The van der Waals surface area contributed by atoms with Crippen LogP contribution in [0.3, 0.4) is 0 Å². The molecule has 1 aromatic carbocycles. The number of phenols is 1. The van der Waals surface area contributed by atoms with E-state index < -0.39 is 42.7 Å². The molecule has 0 saturated carbocycles. The summed E-state index contributed by atoms with van der Waals surface area (Å²) in [7, 11) is 0. The molecule has 5 N–H and O–H groups in total. The second-order valence-electron chi connectivity index (χ2n) is 8.15. The zero-order chi connectivity index (χ0) is 20.1. The molecule has 0 bridgehead atoms. The molecule has 0 aliphatic carbocycles. The maximum absolute atomic E-state index is 10.3. The number of aromatic hydroxyl groups is 1. The molecule has 1 fully saturated rings. The third-order valence-corrected chi connectivity index (χ3v) is 6.22. The van der Waals surface area contributed by atoms with E-state index in [0.29, 0.717) is 25.0 Å². The van der Waals surface area contributed by atoms with Gasteiger partial charge in [0.05, 0.1) is 12.7 Å². The number of fused-ring (bicyclic) bond motifs is 1. The first-order valence-electron chi connectivity index (χ1n) is 9.40. The van der Waals surface area contributed by atoms with Crippen molar-refractivity contribution in [2.24, 2.45) is 0 Å². The molecule has 2 aliphatic heterocycles. The molecule has 152 valence electrons. The van der Waals surface area contributed by atoms with Crippen LogP contribution >= 0.6 is 0 Å². The molecule has 1 aromatic rings. The van der Waals surface area contributed by atoms with Gasteiger partial charge in [0.15, 0.2) is 0 Å². The fourth-order valence-electron chi connectivity index (χ4n) is 4.21. The molecular formula is C20H30O7. The maximum Gasteiger partial charge on any atom is 0.127 e. The smallest absolute Gasteiger partial charge is 0.127 e. The third kappa shape index (κ3) is 3.43. The van der Waals surface area contributed by atoms with E-state index in [4.69, 9.17) is 9.47 Å². The first-order chi connectivity index (χ1) is 12.6. The van der Waals surface area contributed by atoms with Crippen LogP contribution in [0.25, 0.3) is 0 Å². The Labute approximate surface area is 159 Å². The molecular weight excluding hydrogens is 352 g/mol. The zero-order valence-electron chi connectivity index (χ0n) is 16.3. The van der Waals surface area contributed by atoms with Crippen LogP contribution < -0.4 is 4.74 Å². The van der Waals surface area contributed by atoms with Gasteiger partial charge in [-0.25, -0.2) is 0 Å². The van der Waals surface area contributed by atoms with Crippen molar-refractivity contribution in [3.63, 3.8) is 0 Å². The van der Waals surface area contributed by atoms with Crippen LogP contribution in [-0.4, -0.2) is 68.3 Å². The van der Waals surface area contributed by atoms with Crippen molar-refractivity contribution < 1.29 is 35.0 Å². The van der Waals surface area contributed by atoms with Crippen molar-refractivity contribution in [1.29, 1.82) is 0 Å². The number of aliphatic hydroxyl groups is 4. The largest absolute Gasteiger partial charge is 0.507 e. The second-order valence-corrected chi connectivity index (χ2v) is 8.15. The Kier molecular flexibility index (Phi) is 5.44. The van der Waals surface area contributed by atoms with Gasteiger partial charge in [-0.05, 0) is 57.2 Å². The Hall–Kier alpha value is -1.38. The van der Waals surface area contributed by atoms with Crippen LogP contribution in [0.5, 0.6) is 11.5 Å². The van der Waals surface area contributed by atoms with Gasteiger partial charge in [0.2, 0.25) is 0 Å². The molecule has 1 saturated heterocycles. The molecule has 0 amide bonds. The van der Waals surface area contributed by atoms with E-state index in [9.17, 15) is 25.5 Å². The van der Waals surface area contributed by atoms with Crippen molar-refractivity contribution >= 4 is 0 Å². The summed E-state index contributed by atoms with van der Waals surface area (Å²) in [6, 6.07) is 0. The summed E-state index contributed by atoms with van der Waals surface area (Å²) in [6.07, 6.45) is -4.05. The van der Waals surface area contributed by atoms with Gasteiger partial charge < -0.3 is 35.0 Å². The summed E-state index contributed by atoms with van der Waals surface area (Å²) in [5, 5.41) is 50.0. The molecule has 0 aromatic heterocycles. The summed E-state index contributed by atoms with van der Waals surface area (Å²) >= 11 is 0. The minimum absolute atomic E-state index is 0.298. The van der Waals surface area contributed by atoms with Gasteiger partial charge >= 0.3 is 0 Å². The number of benzene rings is 1.